The Hall–Kier alpha value is -0.460. The van der Waals surface area contributed by atoms with E-state index in [4.69, 9.17) is 9.79 Å². The van der Waals surface area contributed by atoms with Gasteiger partial charge in [0, 0.05) is 6.42 Å². The lowest BCUT2D eigenvalue weighted by Gasteiger charge is -2.24. The molecule has 0 rings (SSSR count). The SMILES string of the molecule is CCCCCCCCCCCCCCCCCCCCCCCCC(=O)N[C@@H](COP(=O)(O)O)[C@H](O)CCCCCCCCCCCC. The van der Waals surface area contributed by atoms with Gasteiger partial charge in [-0.15, -0.1) is 0 Å². The van der Waals surface area contributed by atoms with Crippen LogP contribution in [0.5, 0.6) is 0 Å². The van der Waals surface area contributed by atoms with Crippen molar-refractivity contribution in [2.75, 3.05) is 6.61 Å². The lowest BCUT2D eigenvalue weighted by molar-refractivity contribution is -0.123. The molecule has 7 nitrogen and oxygen atoms in total. The zero-order valence-electron chi connectivity index (χ0n) is 31.9. The largest absolute Gasteiger partial charge is 0.469 e. The minimum Gasteiger partial charge on any atom is -0.391 e. The smallest absolute Gasteiger partial charge is 0.391 e. The fourth-order valence-corrected chi connectivity index (χ4v) is 7.00. The normalized spacial score (nSPS) is 13.2. The van der Waals surface area contributed by atoms with Gasteiger partial charge in [-0.2, -0.15) is 0 Å². The molecule has 0 bridgehead atoms. The number of carbonyl (C=O) groups is 1. The van der Waals surface area contributed by atoms with Gasteiger partial charge in [0.15, 0.2) is 0 Å². The molecule has 0 unspecified atom stereocenters. The number of rotatable bonds is 39. The van der Waals surface area contributed by atoms with Crippen molar-refractivity contribution < 1.29 is 28.8 Å². The van der Waals surface area contributed by atoms with Crippen molar-refractivity contribution >= 4 is 13.7 Å². The maximum Gasteiger partial charge on any atom is 0.469 e. The van der Waals surface area contributed by atoms with Gasteiger partial charge in [0.1, 0.15) is 0 Å². The molecule has 0 heterocycles. The third-order valence-electron chi connectivity index (χ3n) is 9.84. The average Bonchev–Trinajstić information content (AvgIpc) is 3.05. The Labute approximate surface area is 298 Å². The summed E-state index contributed by atoms with van der Waals surface area (Å²) >= 11 is 0. The summed E-state index contributed by atoms with van der Waals surface area (Å²) in [6.07, 6.45) is 41.0. The number of aliphatic hydroxyl groups excluding tert-OH is 1. The average molecular weight is 704 g/mol. The highest BCUT2D eigenvalue weighted by Crippen LogP contribution is 2.36. The number of carbonyl (C=O) groups excluding carboxylic acids is 1. The van der Waals surface area contributed by atoms with Gasteiger partial charge in [-0.25, -0.2) is 4.57 Å². The first-order chi connectivity index (χ1) is 23.3. The van der Waals surface area contributed by atoms with Crippen LogP contribution in [0.15, 0.2) is 0 Å². The first-order valence-electron chi connectivity index (χ1n) is 21.0. The number of aliphatic hydroxyl groups is 1. The van der Waals surface area contributed by atoms with E-state index in [2.05, 4.69) is 23.7 Å². The van der Waals surface area contributed by atoms with Crippen LogP contribution in [0.1, 0.15) is 232 Å². The molecule has 0 saturated carbocycles. The first kappa shape index (κ1) is 47.5. The highest BCUT2D eigenvalue weighted by molar-refractivity contribution is 7.46. The van der Waals surface area contributed by atoms with Gasteiger partial charge in [0.05, 0.1) is 18.8 Å². The molecule has 8 heteroatoms. The van der Waals surface area contributed by atoms with Crippen molar-refractivity contribution in [1.82, 2.24) is 5.32 Å². The maximum absolute atomic E-state index is 12.6. The molecule has 0 aromatic rings. The number of nitrogens with one attached hydrogen (secondary N) is 1. The number of hydrogen-bond donors (Lipinski definition) is 4. The molecule has 0 spiro atoms. The topological polar surface area (TPSA) is 116 Å². The van der Waals surface area contributed by atoms with E-state index in [1.807, 2.05) is 0 Å². The molecule has 288 valence electrons. The standard InChI is InChI=1S/C40H82NO6P/c1-3-5-7-9-11-13-15-16-17-18-19-20-21-22-23-24-25-26-28-30-32-34-36-40(43)41-38(37-47-48(44,45)46)39(42)35-33-31-29-27-14-12-10-8-6-4-2/h38-39,42H,3-37H2,1-2H3,(H,41,43)(H2,44,45,46)/t38-,39+/m0/s1. The predicted octanol–water partition coefficient (Wildman–Crippen LogP) is 12.2. The van der Waals surface area contributed by atoms with Crippen molar-refractivity contribution in [2.45, 2.75) is 244 Å². The molecular formula is C40H82NO6P. The summed E-state index contributed by atoms with van der Waals surface area (Å²) in [6, 6.07) is -0.816. The molecule has 0 fully saturated rings. The van der Waals surface area contributed by atoms with Crippen LogP contribution < -0.4 is 5.32 Å². The van der Waals surface area contributed by atoms with Gasteiger partial charge in [0.25, 0.3) is 0 Å². The Morgan fingerprint density at radius 2 is 0.812 bits per heavy atom. The summed E-state index contributed by atoms with van der Waals surface area (Å²) in [4.78, 5) is 30.8. The fraction of sp³-hybridized carbons (Fsp3) is 0.975. The number of unbranched alkanes of at least 4 members (excludes halogenated alkanes) is 30. The van der Waals surface area contributed by atoms with E-state index in [1.54, 1.807) is 0 Å². The van der Waals surface area contributed by atoms with Gasteiger partial charge in [-0.1, -0.05) is 213 Å². The van der Waals surface area contributed by atoms with Crippen molar-refractivity contribution in [2.24, 2.45) is 0 Å². The zero-order chi connectivity index (χ0) is 35.4. The monoisotopic (exact) mass is 704 g/mol. The molecule has 0 radical (unpaired) electrons. The van der Waals surface area contributed by atoms with Crippen LogP contribution in [0.2, 0.25) is 0 Å². The molecule has 0 saturated heterocycles. The lowest BCUT2D eigenvalue weighted by atomic mass is 10.0. The van der Waals surface area contributed by atoms with Gasteiger partial charge in [-0.3, -0.25) is 9.32 Å². The van der Waals surface area contributed by atoms with Crippen LogP contribution in [0.4, 0.5) is 0 Å². The maximum atomic E-state index is 12.6. The Balaban J connectivity index is 3.77. The number of phosphoric ester groups is 1. The van der Waals surface area contributed by atoms with Crippen LogP contribution >= 0.6 is 7.82 Å². The first-order valence-corrected chi connectivity index (χ1v) is 22.5. The summed E-state index contributed by atoms with van der Waals surface area (Å²) in [5.74, 6) is -0.190. The molecule has 2 atom stereocenters. The van der Waals surface area contributed by atoms with Gasteiger partial charge < -0.3 is 20.2 Å². The minimum atomic E-state index is -4.68. The van der Waals surface area contributed by atoms with Gasteiger partial charge >= 0.3 is 7.82 Å². The molecule has 0 aliphatic heterocycles. The molecule has 0 aromatic carbocycles. The van der Waals surface area contributed by atoms with Crippen molar-refractivity contribution in [3.63, 3.8) is 0 Å². The Kier molecular flexibility index (Phi) is 36.0. The Bertz CT molecular complexity index is 718. The van der Waals surface area contributed by atoms with E-state index in [0.717, 1.165) is 38.5 Å². The zero-order valence-corrected chi connectivity index (χ0v) is 32.8. The fourth-order valence-electron chi connectivity index (χ4n) is 6.64. The number of hydrogen-bond acceptors (Lipinski definition) is 4. The molecular weight excluding hydrogens is 621 g/mol. The van der Waals surface area contributed by atoms with E-state index in [9.17, 15) is 14.5 Å². The quantitative estimate of drug-likeness (QED) is 0.0374. The number of phosphoric acid groups is 1. The predicted molar refractivity (Wildman–Crippen MR) is 204 cm³/mol. The summed E-state index contributed by atoms with van der Waals surface area (Å²) in [5, 5.41) is 13.5. The second-order valence-corrected chi connectivity index (χ2v) is 15.9. The summed E-state index contributed by atoms with van der Waals surface area (Å²) in [6.45, 7) is 4.12. The third-order valence-corrected chi connectivity index (χ3v) is 10.3. The van der Waals surface area contributed by atoms with Crippen LogP contribution in [-0.2, 0) is 13.9 Å². The van der Waals surface area contributed by atoms with E-state index >= 15 is 0 Å². The van der Waals surface area contributed by atoms with E-state index < -0.39 is 26.6 Å². The molecule has 1 amide bonds. The molecule has 0 aliphatic rings. The summed E-state index contributed by atoms with van der Waals surface area (Å²) < 4.78 is 15.9. The molecule has 0 aliphatic carbocycles. The molecule has 0 aromatic heterocycles. The molecule has 48 heavy (non-hydrogen) atoms. The lowest BCUT2D eigenvalue weighted by Crippen LogP contribution is -2.46. The number of amides is 1. The van der Waals surface area contributed by atoms with E-state index in [1.165, 1.54) is 167 Å². The third kappa shape index (κ3) is 36.8. The van der Waals surface area contributed by atoms with Crippen LogP contribution in [0.3, 0.4) is 0 Å². The highest BCUT2D eigenvalue weighted by atomic mass is 31.2. The van der Waals surface area contributed by atoms with Crippen LogP contribution in [-0.4, -0.2) is 39.6 Å². The summed E-state index contributed by atoms with van der Waals surface area (Å²) in [5.41, 5.74) is 0. The highest BCUT2D eigenvalue weighted by Gasteiger charge is 2.25. The van der Waals surface area contributed by atoms with Crippen LogP contribution in [0, 0.1) is 0 Å². The Morgan fingerprint density at radius 1 is 0.521 bits per heavy atom. The van der Waals surface area contributed by atoms with Gasteiger partial charge in [-0.05, 0) is 12.8 Å². The van der Waals surface area contributed by atoms with Crippen molar-refractivity contribution in [1.29, 1.82) is 0 Å². The second kappa shape index (κ2) is 36.3. The van der Waals surface area contributed by atoms with Crippen molar-refractivity contribution in [3.05, 3.63) is 0 Å². The molecule has 4 N–H and O–H groups in total. The van der Waals surface area contributed by atoms with Crippen molar-refractivity contribution in [3.8, 4) is 0 Å². The Morgan fingerprint density at radius 3 is 1.12 bits per heavy atom. The van der Waals surface area contributed by atoms with E-state index in [-0.39, 0.29) is 5.91 Å². The van der Waals surface area contributed by atoms with Crippen LogP contribution in [0.25, 0.3) is 0 Å². The summed E-state index contributed by atoms with van der Waals surface area (Å²) in [7, 11) is -4.68. The van der Waals surface area contributed by atoms with E-state index in [0.29, 0.717) is 12.8 Å². The minimum absolute atomic E-state index is 0.190. The van der Waals surface area contributed by atoms with Gasteiger partial charge in [0.2, 0.25) is 5.91 Å². The second-order valence-electron chi connectivity index (χ2n) is 14.7.